The molecule has 0 saturated carbocycles. The lowest BCUT2D eigenvalue weighted by atomic mass is 9.78. The molecule has 0 aromatic heterocycles. The zero-order valence-corrected chi connectivity index (χ0v) is 9.65. The zero-order valence-electron chi connectivity index (χ0n) is 9.65. The van der Waals surface area contributed by atoms with Crippen molar-refractivity contribution in [1.29, 1.82) is 0 Å². The van der Waals surface area contributed by atoms with Crippen molar-refractivity contribution in [2.45, 2.75) is 19.4 Å². The van der Waals surface area contributed by atoms with E-state index in [2.05, 4.69) is 0 Å². The van der Waals surface area contributed by atoms with Crippen molar-refractivity contribution in [2.75, 3.05) is 13.2 Å². The minimum Gasteiger partial charge on any atom is -0.494 e. The highest BCUT2D eigenvalue weighted by Crippen LogP contribution is 2.31. The molecule has 0 amide bonds. The number of hydrogen-bond acceptors (Lipinski definition) is 4. The predicted octanol–water partition coefficient (Wildman–Crippen LogP) is 0.332. The van der Waals surface area contributed by atoms with Gasteiger partial charge in [-0.05, 0) is 32.0 Å². The highest BCUT2D eigenvalue weighted by atomic mass is 19.1. The fraction of sp³-hybridized carbons (Fsp3) is 0.455. The van der Waals surface area contributed by atoms with E-state index in [4.69, 9.17) is 15.1 Å². The summed E-state index contributed by atoms with van der Waals surface area (Å²) < 4.78 is 24.4. The van der Waals surface area contributed by atoms with E-state index in [0.717, 1.165) is 0 Å². The van der Waals surface area contributed by atoms with Gasteiger partial charge in [0.1, 0.15) is 11.6 Å². The number of halogens is 1. The maximum atomic E-state index is 13.8. The van der Waals surface area contributed by atoms with E-state index in [-0.39, 0.29) is 0 Å². The second kappa shape index (κ2) is 5.04. The van der Waals surface area contributed by atoms with Gasteiger partial charge in [0.2, 0.25) is 0 Å². The topological polar surface area (TPSA) is 64.7 Å². The molecule has 4 nitrogen and oxygen atoms in total. The molecule has 0 saturated heterocycles. The van der Waals surface area contributed by atoms with E-state index < -0.39 is 19.0 Å². The number of ether oxygens (including phenoxy) is 1. The van der Waals surface area contributed by atoms with Gasteiger partial charge in [-0.3, -0.25) is 0 Å². The summed E-state index contributed by atoms with van der Waals surface area (Å²) in [7, 11) is -1.14. The number of rotatable bonds is 4. The monoisotopic (exact) mass is 239 g/mol. The molecule has 0 fully saturated rings. The Bertz CT molecular complexity index is 416. The summed E-state index contributed by atoms with van der Waals surface area (Å²) in [5.41, 5.74) is 6.21. The van der Waals surface area contributed by atoms with Crippen LogP contribution in [0.2, 0.25) is 0 Å². The third-order valence-corrected chi connectivity index (χ3v) is 2.78. The zero-order chi connectivity index (χ0) is 12.4. The van der Waals surface area contributed by atoms with E-state index in [9.17, 15) is 9.41 Å². The molecule has 0 spiro atoms. The van der Waals surface area contributed by atoms with Crippen LogP contribution in [0.1, 0.15) is 25.0 Å². The fourth-order valence-corrected chi connectivity index (χ4v) is 2.11. The molecule has 0 bridgehead atoms. The van der Waals surface area contributed by atoms with Crippen LogP contribution in [0, 0.1) is 5.82 Å². The van der Waals surface area contributed by atoms with Crippen molar-refractivity contribution in [2.24, 2.45) is 5.73 Å². The maximum Gasteiger partial charge on any atom is 0.495 e. The van der Waals surface area contributed by atoms with Gasteiger partial charge in [-0.1, -0.05) is 0 Å². The number of benzene rings is 1. The SMILES string of the molecule is CCOc1ccc(F)c2c1B(O)O[C@H]2CCN. The van der Waals surface area contributed by atoms with E-state index in [0.29, 0.717) is 36.3 Å². The van der Waals surface area contributed by atoms with Crippen LogP contribution in [0.4, 0.5) is 4.39 Å². The minimum absolute atomic E-state index is 0.369. The van der Waals surface area contributed by atoms with Gasteiger partial charge in [0.15, 0.2) is 0 Å². The van der Waals surface area contributed by atoms with Crippen LogP contribution in [-0.2, 0) is 4.65 Å². The normalized spacial score (nSPS) is 18.4. The molecule has 1 aromatic rings. The number of nitrogens with two attached hydrogens (primary N) is 1. The first-order valence-corrected chi connectivity index (χ1v) is 5.67. The molecule has 2 rings (SSSR count). The summed E-state index contributed by atoms with van der Waals surface area (Å²) in [4.78, 5) is 0. The lowest BCUT2D eigenvalue weighted by Gasteiger charge is -2.12. The summed E-state index contributed by atoms with van der Waals surface area (Å²) in [5, 5.41) is 9.80. The molecule has 0 radical (unpaired) electrons. The molecule has 1 heterocycles. The molecule has 0 aliphatic carbocycles. The van der Waals surface area contributed by atoms with Crippen molar-refractivity contribution in [3.8, 4) is 5.75 Å². The highest BCUT2D eigenvalue weighted by molar-refractivity contribution is 6.62. The third kappa shape index (κ3) is 2.16. The minimum atomic E-state index is -1.14. The predicted molar refractivity (Wildman–Crippen MR) is 62.7 cm³/mol. The molecule has 6 heteroatoms. The van der Waals surface area contributed by atoms with Gasteiger partial charge in [-0.2, -0.15) is 0 Å². The Morgan fingerprint density at radius 2 is 2.35 bits per heavy atom. The molecule has 1 atom stereocenters. The second-order valence-corrected chi connectivity index (χ2v) is 3.86. The molecule has 1 aromatic carbocycles. The summed E-state index contributed by atoms with van der Waals surface area (Å²) >= 11 is 0. The summed E-state index contributed by atoms with van der Waals surface area (Å²) in [6.45, 7) is 2.65. The van der Waals surface area contributed by atoms with Crippen molar-refractivity contribution in [3.05, 3.63) is 23.5 Å². The molecule has 1 aliphatic heterocycles. The summed E-state index contributed by atoms with van der Waals surface area (Å²) in [6.07, 6.45) is -0.0262. The lowest BCUT2D eigenvalue weighted by molar-refractivity contribution is 0.180. The third-order valence-electron chi connectivity index (χ3n) is 2.78. The van der Waals surface area contributed by atoms with Crippen LogP contribution in [-0.4, -0.2) is 25.3 Å². The Labute approximate surface area is 99.7 Å². The number of fused-ring (bicyclic) bond motifs is 1. The Kier molecular flexibility index (Phi) is 3.66. The van der Waals surface area contributed by atoms with E-state index >= 15 is 0 Å². The first-order chi connectivity index (χ1) is 8.19. The molecule has 1 aliphatic rings. The average molecular weight is 239 g/mol. The van der Waals surface area contributed by atoms with Gasteiger partial charge in [-0.25, -0.2) is 4.39 Å². The van der Waals surface area contributed by atoms with E-state index in [1.54, 1.807) is 0 Å². The Hall–Kier alpha value is -1.11. The highest BCUT2D eigenvalue weighted by Gasteiger charge is 2.39. The molecule has 17 heavy (non-hydrogen) atoms. The smallest absolute Gasteiger partial charge is 0.494 e. The van der Waals surface area contributed by atoms with E-state index in [1.165, 1.54) is 12.1 Å². The lowest BCUT2D eigenvalue weighted by Crippen LogP contribution is -2.30. The second-order valence-electron chi connectivity index (χ2n) is 3.86. The maximum absolute atomic E-state index is 13.8. The Morgan fingerprint density at radius 1 is 1.59 bits per heavy atom. The van der Waals surface area contributed by atoms with Crippen LogP contribution in [0.15, 0.2) is 12.1 Å². The van der Waals surface area contributed by atoms with Gasteiger partial charge in [0.25, 0.3) is 0 Å². The molecule has 3 N–H and O–H groups in total. The Balaban J connectivity index is 2.45. The van der Waals surface area contributed by atoms with E-state index in [1.807, 2.05) is 6.92 Å². The van der Waals surface area contributed by atoms with Crippen LogP contribution in [0.25, 0.3) is 0 Å². The van der Waals surface area contributed by atoms with Gasteiger partial charge < -0.3 is 20.1 Å². The van der Waals surface area contributed by atoms with Crippen molar-refractivity contribution >= 4 is 12.6 Å². The quantitative estimate of drug-likeness (QED) is 0.743. The Morgan fingerprint density at radius 3 is 3.00 bits per heavy atom. The van der Waals surface area contributed by atoms with Crippen LogP contribution >= 0.6 is 0 Å². The number of hydrogen-bond donors (Lipinski definition) is 2. The van der Waals surface area contributed by atoms with Crippen molar-refractivity contribution < 1.29 is 18.8 Å². The first kappa shape index (κ1) is 12.4. The van der Waals surface area contributed by atoms with Gasteiger partial charge in [0, 0.05) is 11.0 Å². The first-order valence-electron chi connectivity index (χ1n) is 5.67. The van der Waals surface area contributed by atoms with Crippen LogP contribution in [0.5, 0.6) is 5.75 Å². The largest absolute Gasteiger partial charge is 0.495 e. The molecule has 0 unspecified atom stereocenters. The van der Waals surface area contributed by atoms with Crippen molar-refractivity contribution in [1.82, 2.24) is 0 Å². The van der Waals surface area contributed by atoms with Gasteiger partial charge in [0.05, 0.1) is 12.7 Å². The van der Waals surface area contributed by atoms with Gasteiger partial charge in [-0.15, -0.1) is 0 Å². The molecular formula is C11H15BFNO3. The molecule has 92 valence electrons. The summed E-state index contributed by atoms with van der Waals surface area (Å²) in [6, 6.07) is 2.84. The van der Waals surface area contributed by atoms with Crippen molar-refractivity contribution in [3.63, 3.8) is 0 Å². The van der Waals surface area contributed by atoms with Crippen LogP contribution in [0.3, 0.4) is 0 Å². The molecular weight excluding hydrogens is 224 g/mol. The fourth-order valence-electron chi connectivity index (χ4n) is 2.11. The van der Waals surface area contributed by atoms with Gasteiger partial charge >= 0.3 is 7.12 Å². The standard InChI is InChI=1S/C11H15BFNO3/c1-2-16-9-4-3-7(13)10-8(5-6-14)17-12(15)11(9)10/h3-4,8,15H,2,5-6,14H2,1H3/t8-/m0/s1. The summed E-state index contributed by atoms with van der Waals surface area (Å²) in [5.74, 6) is 0.0781. The average Bonchev–Trinajstić information content (AvgIpc) is 2.62. The van der Waals surface area contributed by atoms with Crippen LogP contribution < -0.4 is 15.9 Å².